The molecule has 0 radical (unpaired) electrons. The van der Waals surface area contributed by atoms with E-state index in [1.54, 1.807) is 12.5 Å². The van der Waals surface area contributed by atoms with Crippen LogP contribution in [0.2, 0.25) is 0 Å². The summed E-state index contributed by atoms with van der Waals surface area (Å²) in [7, 11) is 0. The van der Waals surface area contributed by atoms with Gasteiger partial charge >= 0.3 is 0 Å². The van der Waals surface area contributed by atoms with Crippen LogP contribution in [-0.2, 0) is 6.54 Å². The van der Waals surface area contributed by atoms with Crippen molar-refractivity contribution in [2.75, 3.05) is 0 Å². The largest absolute Gasteiger partial charge is 0.382 e. The van der Waals surface area contributed by atoms with E-state index in [0.29, 0.717) is 6.54 Å². The molecule has 29 heavy (non-hydrogen) atoms. The number of pyridine rings is 1. The van der Waals surface area contributed by atoms with Crippen molar-refractivity contribution in [1.29, 1.82) is 0 Å². The van der Waals surface area contributed by atoms with Crippen LogP contribution >= 0.6 is 0 Å². The number of aromatic nitrogens is 3. The van der Waals surface area contributed by atoms with E-state index in [4.69, 9.17) is 4.98 Å². The molecule has 4 heteroatoms. The zero-order valence-corrected chi connectivity index (χ0v) is 17.0. The topological polar surface area (TPSA) is 50.9 Å². The van der Waals surface area contributed by atoms with Crippen LogP contribution in [-0.4, -0.2) is 19.6 Å². The molecule has 0 aliphatic heterocycles. The lowest BCUT2D eigenvalue weighted by molar-refractivity contribution is 0.210. The summed E-state index contributed by atoms with van der Waals surface area (Å²) in [5.41, 5.74) is 8.34. The Bertz CT molecular complexity index is 1150. The van der Waals surface area contributed by atoms with Gasteiger partial charge in [0.1, 0.15) is 6.10 Å². The van der Waals surface area contributed by atoms with E-state index in [9.17, 15) is 5.11 Å². The van der Waals surface area contributed by atoms with E-state index in [2.05, 4.69) is 49.2 Å². The maximum absolute atomic E-state index is 10.9. The van der Waals surface area contributed by atoms with E-state index in [0.717, 1.165) is 39.2 Å². The van der Waals surface area contributed by atoms with E-state index >= 15 is 0 Å². The molecule has 2 heterocycles. The van der Waals surface area contributed by atoms with Crippen molar-refractivity contribution in [2.24, 2.45) is 0 Å². The third-order valence-electron chi connectivity index (χ3n) is 5.16. The molecule has 1 unspecified atom stereocenters. The Morgan fingerprint density at radius 3 is 2.41 bits per heavy atom. The number of hydrogen-bond acceptors (Lipinski definition) is 3. The Balaban J connectivity index is 1.59. The molecule has 2 aromatic heterocycles. The van der Waals surface area contributed by atoms with Gasteiger partial charge in [-0.3, -0.25) is 4.98 Å². The average Bonchev–Trinajstić information content (AvgIpc) is 3.15. The zero-order valence-electron chi connectivity index (χ0n) is 17.0. The van der Waals surface area contributed by atoms with Gasteiger partial charge in [-0.05, 0) is 43.5 Å². The van der Waals surface area contributed by atoms with Crippen LogP contribution in [0.25, 0.3) is 11.3 Å². The van der Waals surface area contributed by atoms with Crippen molar-refractivity contribution >= 4 is 0 Å². The molecule has 0 aliphatic rings. The van der Waals surface area contributed by atoms with Gasteiger partial charge in [0.2, 0.25) is 0 Å². The summed E-state index contributed by atoms with van der Waals surface area (Å²) in [6, 6.07) is 18.5. The Morgan fingerprint density at radius 2 is 1.69 bits per heavy atom. The molecule has 0 aliphatic carbocycles. The number of hydrogen-bond donors (Lipinski definition) is 1. The highest BCUT2D eigenvalue weighted by Crippen LogP contribution is 2.25. The lowest BCUT2D eigenvalue weighted by Crippen LogP contribution is -2.09. The minimum Gasteiger partial charge on any atom is -0.382 e. The molecular weight excluding hydrogens is 358 g/mol. The highest BCUT2D eigenvalue weighted by molar-refractivity contribution is 5.63. The molecule has 4 rings (SSSR count). The maximum Gasteiger partial charge on any atom is 0.121 e. The molecule has 4 aromatic rings. The summed E-state index contributed by atoms with van der Waals surface area (Å²) >= 11 is 0. The van der Waals surface area contributed by atoms with Crippen LogP contribution in [0.4, 0.5) is 0 Å². The highest BCUT2D eigenvalue weighted by atomic mass is 16.3. The van der Waals surface area contributed by atoms with Crippen molar-refractivity contribution in [1.82, 2.24) is 14.5 Å². The number of aliphatic hydroxyl groups excluding tert-OH is 1. The number of aryl methyl sites for hydroxylation is 3. The van der Waals surface area contributed by atoms with E-state index < -0.39 is 6.10 Å². The quantitative estimate of drug-likeness (QED) is 0.528. The summed E-state index contributed by atoms with van der Waals surface area (Å²) in [6.07, 6.45) is 4.69. The number of nitrogens with zero attached hydrogens (tertiary/aromatic N) is 3. The Hall–Kier alpha value is -3.24. The standard InChI is InChI=1S/C25H25N3O/c1-17-6-4-8-21(10-17)24-19(3)12-20(13-27-24)15-28-16-26-14-23(28)25(29)22-9-5-7-18(2)11-22/h4-14,16,25,29H,15H2,1-3H3. The van der Waals surface area contributed by atoms with Gasteiger partial charge in [-0.25, -0.2) is 4.98 Å². The van der Waals surface area contributed by atoms with Crippen LogP contribution < -0.4 is 0 Å². The van der Waals surface area contributed by atoms with Crippen molar-refractivity contribution in [3.63, 3.8) is 0 Å². The first-order chi connectivity index (χ1) is 14.0. The van der Waals surface area contributed by atoms with Gasteiger partial charge in [0.25, 0.3) is 0 Å². The molecule has 0 bridgehead atoms. The van der Waals surface area contributed by atoms with E-state index in [1.165, 1.54) is 5.56 Å². The minimum absolute atomic E-state index is 0.611. The van der Waals surface area contributed by atoms with Crippen LogP contribution in [0.5, 0.6) is 0 Å². The second-order valence-electron chi connectivity index (χ2n) is 7.64. The van der Waals surface area contributed by atoms with Crippen molar-refractivity contribution in [2.45, 2.75) is 33.4 Å². The van der Waals surface area contributed by atoms with Gasteiger partial charge in [0.15, 0.2) is 0 Å². The third-order valence-corrected chi connectivity index (χ3v) is 5.16. The summed E-state index contributed by atoms with van der Waals surface area (Å²) in [5, 5.41) is 10.9. The molecule has 1 atom stereocenters. The van der Waals surface area contributed by atoms with Crippen molar-refractivity contribution < 1.29 is 5.11 Å². The number of aliphatic hydroxyl groups is 1. The lowest BCUT2D eigenvalue weighted by atomic mass is 10.0. The summed E-state index contributed by atoms with van der Waals surface area (Å²) in [6.45, 7) is 6.82. The SMILES string of the molecule is Cc1cccc(-c2ncc(Cn3cncc3C(O)c3cccc(C)c3)cc2C)c1. The summed E-state index contributed by atoms with van der Waals surface area (Å²) < 4.78 is 1.98. The average molecular weight is 383 g/mol. The first-order valence-corrected chi connectivity index (χ1v) is 9.78. The van der Waals surface area contributed by atoms with Crippen LogP contribution in [0.1, 0.15) is 39.6 Å². The Kier molecular flexibility index (Phi) is 5.28. The van der Waals surface area contributed by atoms with Gasteiger partial charge in [0, 0.05) is 11.8 Å². The van der Waals surface area contributed by atoms with Crippen LogP contribution in [0.15, 0.2) is 73.3 Å². The third kappa shape index (κ3) is 4.13. The second-order valence-corrected chi connectivity index (χ2v) is 7.64. The van der Waals surface area contributed by atoms with Crippen molar-refractivity contribution in [3.8, 4) is 11.3 Å². The fraction of sp³-hybridized carbons (Fsp3) is 0.200. The monoisotopic (exact) mass is 383 g/mol. The van der Waals surface area contributed by atoms with E-state index in [1.807, 2.05) is 42.0 Å². The molecule has 2 aromatic carbocycles. The molecule has 4 nitrogen and oxygen atoms in total. The predicted octanol–water partition coefficient (Wildman–Crippen LogP) is 5.00. The van der Waals surface area contributed by atoms with Gasteiger partial charge < -0.3 is 9.67 Å². The van der Waals surface area contributed by atoms with Crippen molar-refractivity contribution in [3.05, 3.63) is 107 Å². The number of benzene rings is 2. The summed E-state index contributed by atoms with van der Waals surface area (Å²) in [5.74, 6) is 0. The normalized spacial score (nSPS) is 12.1. The highest BCUT2D eigenvalue weighted by Gasteiger charge is 2.16. The molecule has 0 saturated carbocycles. The second kappa shape index (κ2) is 8.02. The Morgan fingerprint density at radius 1 is 0.931 bits per heavy atom. The molecular formula is C25H25N3O. The van der Waals surface area contributed by atoms with E-state index in [-0.39, 0.29) is 0 Å². The molecule has 0 saturated heterocycles. The summed E-state index contributed by atoms with van der Waals surface area (Å²) in [4.78, 5) is 8.99. The molecule has 0 spiro atoms. The molecule has 0 fully saturated rings. The molecule has 0 amide bonds. The van der Waals surface area contributed by atoms with Crippen LogP contribution in [0.3, 0.4) is 0 Å². The van der Waals surface area contributed by atoms with Gasteiger partial charge in [-0.1, -0.05) is 59.7 Å². The number of rotatable bonds is 5. The van der Waals surface area contributed by atoms with Crippen LogP contribution in [0, 0.1) is 20.8 Å². The predicted molar refractivity (Wildman–Crippen MR) is 116 cm³/mol. The van der Waals surface area contributed by atoms with Gasteiger partial charge in [-0.15, -0.1) is 0 Å². The van der Waals surface area contributed by atoms with Gasteiger partial charge in [-0.2, -0.15) is 0 Å². The smallest absolute Gasteiger partial charge is 0.121 e. The molecule has 146 valence electrons. The maximum atomic E-state index is 10.9. The minimum atomic E-state index is -0.710. The van der Waals surface area contributed by atoms with Gasteiger partial charge in [0.05, 0.1) is 30.5 Å². The fourth-order valence-corrected chi connectivity index (χ4v) is 3.71. The molecule has 1 N–H and O–H groups in total. The lowest BCUT2D eigenvalue weighted by Gasteiger charge is -2.15. The fourth-order valence-electron chi connectivity index (χ4n) is 3.71. The zero-order chi connectivity index (χ0) is 20.4. The first-order valence-electron chi connectivity index (χ1n) is 9.78. The Labute approximate surface area is 171 Å². The first kappa shape index (κ1) is 19.1. The number of imidazole rings is 1.